The van der Waals surface area contributed by atoms with Gasteiger partial charge >= 0.3 is 0 Å². The van der Waals surface area contributed by atoms with E-state index in [1.165, 1.54) is 75.9 Å². The maximum Gasteiger partial charge on any atom is 0.226 e. The van der Waals surface area contributed by atoms with E-state index in [4.69, 9.17) is 0 Å². The van der Waals surface area contributed by atoms with Crippen LogP contribution in [-0.2, 0) is 23.2 Å². The highest BCUT2D eigenvalue weighted by Crippen LogP contribution is 2.30. The standard InChI is InChI=1S/C26H33N3O.C15H22N2O.C9H9N.C8H7N/c1-20(2)26(30)27-24-9-5-8-23(19-24)21-11-16-28(17-12-21)14-6-15-29-18-13-22-7-3-4-10-25(22)29;1-11(2)15(18)17-14-5-3-4-13(10-14)12-6-8-16-9-7-12;1-10-7-6-8-4-2-3-5-9(8)10;1-2-4-8-7(3-1)5-6-9-8/h3-5,7-10,13,18-21H,6,11-12,14-17H2,1-2H3,(H,27,30);3-5,10-12,16H,6-9H2,1-2H3,(H,17,18);2-7H,1H3;1-6,9H. The minimum atomic E-state index is 0.00132. The van der Waals surface area contributed by atoms with E-state index in [0.29, 0.717) is 11.8 Å². The van der Waals surface area contributed by atoms with Gasteiger partial charge in [-0.15, -0.1) is 0 Å². The van der Waals surface area contributed by atoms with E-state index >= 15 is 0 Å². The van der Waals surface area contributed by atoms with Gasteiger partial charge in [-0.25, -0.2) is 0 Å². The molecule has 350 valence electrons. The third-order valence-corrected chi connectivity index (χ3v) is 13.0. The molecule has 0 saturated carbocycles. The zero-order chi connectivity index (χ0) is 47.0. The van der Waals surface area contributed by atoms with Gasteiger partial charge in [-0.2, -0.15) is 0 Å². The lowest BCUT2D eigenvalue weighted by molar-refractivity contribution is -0.119. The summed E-state index contributed by atoms with van der Waals surface area (Å²) in [7, 11) is 2.06. The summed E-state index contributed by atoms with van der Waals surface area (Å²) in [5, 5.41) is 13.3. The predicted octanol–water partition coefficient (Wildman–Crippen LogP) is 12.6. The number of rotatable bonds is 10. The summed E-state index contributed by atoms with van der Waals surface area (Å²) in [5.41, 5.74) is 8.38. The number of benzene rings is 5. The number of aromatic nitrogens is 3. The second kappa shape index (κ2) is 24.4. The molecule has 8 aromatic rings. The molecular formula is C58H71N7O2. The predicted molar refractivity (Wildman–Crippen MR) is 281 cm³/mol. The molecule has 10 rings (SSSR count). The number of anilines is 2. The minimum absolute atomic E-state index is 0.00132. The number of aryl methyl sites for hydroxylation is 2. The highest BCUT2D eigenvalue weighted by atomic mass is 16.2. The number of hydrogen-bond acceptors (Lipinski definition) is 4. The Hall–Kier alpha value is -6.42. The zero-order valence-corrected chi connectivity index (χ0v) is 40.3. The maximum absolute atomic E-state index is 12.0. The molecular weight excluding hydrogens is 827 g/mol. The fraction of sp³-hybridized carbons (Fsp3) is 0.345. The molecule has 67 heavy (non-hydrogen) atoms. The number of para-hydroxylation sites is 3. The molecule has 2 amide bonds. The highest BCUT2D eigenvalue weighted by Gasteiger charge is 2.21. The third-order valence-electron chi connectivity index (χ3n) is 13.0. The number of likely N-dealkylation sites (tertiary alicyclic amines) is 1. The molecule has 5 aromatic carbocycles. The third kappa shape index (κ3) is 14.0. The van der Waals surface area contributed by atoms with Gasteiger partial charge in [-0.3, -0.25) is 9.59 Å². The maximum atomic E-state index is 12.0. The van der Waals surface area contributed by atoms with Gasteiger partial charge < -0.3 is 35.0 Å². The quantitative estimate of drug-likeness (QED) is 0.110. The molecule has 2 aliphatic rings. The van der Waals surface area contributed by atoms with E-state index in [-0.39, 0.29) is 23.7 Å². The van der Waals surface area contributed by atoms with Crippen LogP contribution >= 0.6 is 0 Å². The van der Waals surface area contributed by atoms with Crippen LogP contribution < -0.4 is 16.0 Å². The minimum Gasteiger partial charge on any atom is -0.361 e. The van der Waals surface area contributed by atoms with Crippen LogP contribution in [0.3, 0.4) is 0 Å². The first-order valence-electron chi connectivity index (χ1n) is 24.4. The first-order chi connectivity index (χ1) is 32.6. The van der Waals surface area contributed by atoms with Crippen LogP contribution in [0.15, 0.2) is 158 Å². The Bertz CT molecular complexity index is 2730. The van der Waals surface area contributed by atoms with Crippen molar-refractivity contribution in [3.8, 4) is 0 Å². The first kappa shape index (κ1) is 48.5. The molecule has 9 heteroatoms. The fourth-order valence-electron chi connectivity index (χ4n) is 8.98. The molecule has 0 spiro atoms. The molecule has 2 saturated heterocycles. The van der Waals surface area contributed by atoms with Gasteiger partial charge in [0.1, 0.15) is 0 Å². The number of carbonyl (C=O) groups excluding carboxylic acids is 2. The Morgan fingerprint density at radius 2 is 1.12 bits per heavy atom. The number of H-pyrrole nitrogens is 1. The number of carbonyl (C=O) groups is 2. The SMILES string of the molecule is CC(C)C(=O)Nc1cccc(C2CCN(CCCn3ccc4ccccc43)CC2)c1.CC(C)C(=O)Nc1cccc(C2CCNCC2)c1.Cn1ccc2ccccc21.c1ccc2[nH]ccc2c1. The average molecular weight is 898 g/mol. The van der Waals surface area contributed by atoms with Crippen LogP contribution in [0.25, 0.3) is 32.7 Å². The monoisotopic (exact) mass is 898 g/mol. The normalized spacial score (nSPS) is 14.5. The summed E-state index contributed by atoms with van der Waals surface area (Å²) in [4.78, 5) is 29.4. The van der Waals surface area contributed by atoms with Gasteiger partial charge in [0, 0.05) is 71.9 Å². The number of aromatic amines is 1. The molecule has 0 aliphatic carbocycles. The summed E-state index contributed by atoms with van der Waals surface area (Å²) in [5.74, 6) is 1.40. The lowest BCUT2D eigenvalue weighted by Crippen LogP contribution is -2.34. The molecule has 0 atom stereocenters. The van der Waals surface area contributed by atoms with Gasteiger partial charge in [-0.05, 0) is 165 Å². The zero-order valence-electron chi connectivity index (χ0n) is 40.3. The van der Waals surface area contributed by atoms with Crippen molar-refractivity contribution in [2.24, 2.45) is 18.9 Å². The van der Waals surface area contributed by atoms with E-state index in [1.807, 2.05) is 64.2 Å². The molecule has 4 N–H and O–H groups in total. The Morgan fingerprint density at radius 3 is 1.72 bits per heavy atom. The summed E-state index contributed by atoms with van der Waals surface area (Å²) in [6.07, 6.45) is 12.2. The summed E-state index contributed by atoms with van der Waals surface area (Å²) in [6.45, 7) is 14.4. The van der Waals surface area contributed by atoms with E-state index in [0.717, 1.165) is 50.6 Å². The van der Waals surface area contributed by atoms with Gasteiger partial charge in [0.25, 0.3) is 0 Å². The number of nitrogens with one attached hydrogen (secondary N) is 4. The number of hydrogen-bond donors (Lipinski definition) is 4. The van der Waals surface area contributed by atoms with E-state index in [1.54, 1.807) is 0 Å². The highest BCUT2D eigenvalue weighted by molar-refractivity contribution is 5.92. The van der Waals surface area contributed by atoms with Crippen molar-refractivity contribution >= 4 is 55.9 Å². The van der Waals surface area contributed by atoms with Crippen LogP contribution in [0.4, 0.5) is 11.4 Å². The van der Waals surface area contributed by atoms with Crippen molar-refractivity contribution in [2.45, 2.75) is 78.2 Å². The summed E-state index contributed by atoms with van der Waals surface area (Å²) < 4.78 is 4.49. The lowest BCUT2D eigenvalue weighted by atomic mass is 9.89. The summed E-state index contributed by atoms with van der Waals surface area (Å²) in [6, 6.07) is 48.3. The number of amides is 2. The van der Waals surface area contributed by atoms with Crippen LogP contribution in [0.2, 0.25) is 0 Å². The molecule has 2 fully saturated rings. The van der Waals surface area contributed by atoms with Crippen molar-refractivity contribution in [3.05, 3.63) is 169 Å². The van der Waals surface area contributed by atoms with Crippen LogP contribution in [0, 0.1) is 11.8 Å². The lowest BCUT2D eigenvalue weighted by Gasteiger charge is -2.32. The molecule has 2 aliphatic heterocycles. The van der Waals surface area contributed by atoms with Crippen molar-refractivity contribution < 1.29 is 9.59 Å². The van der Waals surface area contributed by atoms with E-state index in [2.05, 4.69) is 164 Å². The van der Waals surface area contributed by atoms with Crippen LogP contribution in [-0.4, -0.2) is 63.6 Å². The average Bonchev–Trinajstić information content (AvgIpc) is 4.12. The van der Waals surface area contributed by atoms with E-state index < -0.39 is 0 Å². The van der Waals surface area contributed by atoms with Crippen molar-refractivity contribution in [3.63, 3.8) is 0 Å². The first-order valence-corrected chi connectivity index (χ1v) is 24.4. The molecule has 3 aromatic heterocycles. The van der Waals surface area contributed by atoms with Crippen LogP contribution in [0.1, 0.15) is 82.8 Å². The smallest absolute Gasteiger partial charge is 0.226 e. The van der Waals surface area contributed by atoms with Crippen molar-refractivity contribution in [2.75, 3.05) is 43.4 Å². The second-order valence-electron chi connectivity index (χ2n) is 18.7. The molecule has 0 unspecified atom stereocenters. The largest absolute Gasteiger partial charge is 0.361 e. The topological polar surface area (TPSA) is 99.1 Å². The van der Waals surface area contributed by atoms with Crippen molar-refractivity contribution in [1.82, 2.24) is 24.3 Å². The molecule has 0 bridgehead atoms. The van der Waals surface area contributed by atoms with Gasteiger partial charge in [-0.1, -0.05) is 107 Å². The number of fused-ring (bicyclic) bond motifs is 3. The van der Waals surface area contributed by atoms with Crippen molar-refractivity contribution in [1.29, 1.82) is 0 Å². The Morgan fingerprint density at radius 1 is 0.582 bits per heavy atom. The Balaban J connectivity index is 0.000000150. The Labute approximate surface area is 398 Å². The van der Waals surface area contributed by atoms with Gasteiger partial charge in [0.15, 0.2) is 0 Å². The fourth-order valence-corrected chi connectivity index (χ4v) is 8.98. The molecule has 5 heterocycles. The van der Waals surface area contributed by atoms with Crippen LogP contribution in [0.5, 0.6) is 0 Å². The van der Waals surface area contributed by atoms with Gasteiger partial charge in [0.2, 0.25) is 11.8 Å². The van der Waals surface area contributed by atoms with E-state index in [9.17, 15) is 9.59 Å². The second-order valence-corrected chi connectivity index (χ2v) is 18.7. The molecule has 0 radical (unpaired) electrons. The molecule has 9 nitrogen and oxygen atoms in total. The Kier molecular flexibility index (Phi) is 17.7. The number of piperidine rings is 2. The number of nitrogens with zero attached hydrogens (tertiary/aromatic N) is 3. The summed E-state index contributed by atoms with van der Waals surface area (Å²) >= 11 is 0. The van der Waals surface area contributed by atoms with Gasteiger partial charge in [0.05, 0.1) is 0 Å².